The molecule has 0 N–H and O–H groups in total. The second-order valence-electron chi connectivity index (χ2n) is 4.13. The van der Waals surface area contributed by atoms with Crippen LogP contribution in [0.2, 0.25) is 0 Å². The van der Waals surface area contributed by atoms with Crippen LogP contribution in [0.1, 0.15) is 5.56 Å². The molecule has 6 nitrogen and oxygen atoms in total. The molecule has 2 rings (SSSR count). The molecule has 1 aromatic carbocycles. The molecule has 0 aliphatic carbocycles. The van der Waals surface area contributed by atoms with Crippen molar-refractivity contribution in [3.8, 4) is 5.75 Å². The zero-order valence-electron chi connectivity index (χ0n) is 10.7. The summed E-state index contributed by atoms with van der Waals surface area (Å²) in [5.74, 6) is 0.627. The van der Waals surface area contributed by atoms with Crippen LogP contribution in [0.5, 0.6) is 5.75 Å². The van der Waals surface area contributed by atoms with Gasteiger partial charge in [0, 0.05) is 36.5 Å². The molecule has 0 bridgehead atoms. The summed E-state index contributed by atoms with van der Waals surface area (Å²) in [6.45, 7) is 3.11. The monoisotopic (exact) mass is 264 g/mol. The fraction of sp³-hybridized carbons (Fsp3) is 0.385. The highest BCUT2D eigenvalue weighted by Crippen LogP contribution is 2.27. The van der Waals surface area contributed by atoms with Crippen molar-refractivity contribution in [2.24, 2.45) is 0 Å². The highest BCUT2D eigenvalue weighted by Gasteiger charge is 2.13. The molecule has 0 spiro atoms. The van der Waals surface area contributed by atoms with Crippen LogP contribution in [0.15, 0.2) is 24.4 Å². The third-order valence-corrected chi connectivity index (χ3v) is 2.97. The van der Waals surface area contributed by atoms with E-state index in [9.17, 15) is 10.1 Å². The minimum absolute atomic E-state index is 0.491. The van der Waals surface area contributed by atoms with Gasteiger partial charge in [-0.05, 0) is 12.1 Å². The van der Waals surface area contributed by atoms with E-state index in [0.717, 1.165) is 25.0 Å². The number of methoxy groups -OCH3 is 1. The van der Waals surface area contributed by atoms with E-state index in [-0.39, 0.29) is 0 Å². The summed E-state index contributed by atoms with van der Waals surface area (Å²) in [4.78, 5) is 12.1. The molecule has 1 heterocycles. The Kier molecular flexibility index (Phi) is 4.35. The Hall–Kier alpha value is -2.08. The fourth-order valence-corrected chi connectivity index (χ4v) is 2.00. The van der Waals surface area contributed by atoms with Gasteiger partial charge in [0.05, 0.1) is 25.2 Å². The van der Waals surface area contributed by atoms with E-state index in [1.165, 1.54) is 6.08 Å². The van der Waals surface area contributed by atoms with E-state index in [1.54, 1.807) is 7.11 Å². The smallest absolute Gasteiger partial charge is 0.235 e. The van der Waals surface area contributed by atoms with E-state index in [2.05, 4.69) is 4.90 Å². The SMILES string of the molecule is COc1cc(N2CCOCC2)ccc1/C=C/[N+](=O)[O-]. The maximum Gasteiger partial charge on any atom is 0.235 e. The van der Waals surface area contributed by atoms with Crippen LogP contribution < -0.4 is 9.64 Å². The number of hydrogen-bond donors (Lipinski definition) is 0. The molecule has 0 radical (unpaired) electrons. The molecule has 1 aromatic rings. The van der Waals surface area contributed by atoms with Crippen molar-refractivity contribution in [3.63, 3.8) is 0 Å². The minimum atomic E-state index is -0.491. The summed E-state index contributed by atoms with van der Waals surface area (Å²) in [7, 11) is 1.56. The largest absolute Gasteiger partial charge is 0.496 e. The summed E-state index contributed by atoms with van der Waals surface area (Å²) in [5, 5.41) is 10.3. The average molecular weight is 264 g/mol. The van der Waals surface area contributed by atoms with Gasteiger partial charge in [-0.2, -0.15) is 0 Å². The number of benzene rings is 1. The first-order valence-electron chi connectivity index (χ1n) is 6.03. The first-order chi connectivity index (χ1) is 9.20. The van der Waals surface area contributed by atoms with Gasteiger partial charge < -0.3 is 14.4 Å². The van der Waals surface area contributed by atoms with E-state index in [4.69, 9.17) is 9.47 Å². The Labute approximate surface area is 111 Å². The Morgan fingerprint density at radius 2 is 2.16 bits per heavy atom. The molecular weight excluding hydrogens is 248 g/mol. The topological polar surface area (TPSA) is 64.8 Å². The van der Waals surface area contributed by atoms with Gasteiger partial charge in [-0.25, -0.2) is 0 Å². The first kappa shape index (κ1) is 13.4. The summed E-state index contributed by atoms with van der Waals surface area (Å²) < 4.78 is 10.6. The van der Waals surface area contributed by atoms with Crippen molar-refractivity contribution in [1.29, 1.82) is 0 Å². The quantitative estimate of drug-likeness (QED) is 0.612. The molecule has 1 aliphatic heterocycles. The van der Waals surface area contributed by atoms with Gasteiger partial charge in [0.25, 0.3) is 0 Å². The van der Waals surface area contributed by atoms with E-state index in [0.29, 0.717) is 24.5 Å². The van der Waals surface area contributed by atoms with Crippen LogP contribution in [0.3, 0.4) is 0 Å². The third kappa shape index (κ3) is 3.45. The third-order valence-electron chi connectivity index (χ3n) is 2.97. The number of rotatable bonds is 4. The summed E-state index contributed by atoms with van der Waals surface area (Å²) in [6, 6.07) is 5.65. The molecule has 1 saturated heterocycles. The lowest BCUT2D eigenvalue weighted by atomic mass is 10.1. The van der Waals surface area contributed by atoms with Crippen molar-refractivity contribution in [3.05, 3.63) is 40.1 Å². The first-order valence-corrected chi connectivity index (χ1v) is 6.03. The van der Waals surface area contributed by atoms with Crippen molar-refractivity contribution in [1.82, 2.24) is 0 Å². The van der Waals surface area contributed by atoms with Crippen LogP contribution in [-0.2, 0) is 4.74 Å². The van der Waals surface area contributed by atoms with Crippen LogP contribution in [0.25, 0.3) is 6.08 Å². The predicted octanol–water partition coefficient (Wildman–Crippen LogP) is 1.78. The molecular formula is C13H16N2O4. The minimum Gasteiger partial charge on any atom is -0.496 e. The normalized spacial score (nSPS) is 15.7. The fourth-order valence-electron chi connectivity index (χ4n) is 2.00. The van der Waals surface area contributed by atoms with Crippen molar-refractivity contribution >= 4 is 11.8 Å². The lowest BCUT2D eigenvalue weighted by molar-refractivity contribution is -0.400. The molecule has 0 saturated carbocycles. The standard InChI is InChI=1S/C13H16N2O4/c1-18-13-10-12(14-6-8-19-9-7-14)3-2-11(13)4-5-15(16)17/h2-5,10H,6-9H2,1H3/b5-4+. The second kappa shape index (κ2) is 6.19. The molecule has 19 heavy (non-hydrogen) atoms. The highest BCUT2D eigenvalue weighted by atomic mass is 16.6. The predicted molar refractivity (Wildman–Crippen MR) is 72.1 cm³/mol. The van der Waals surface area contributed by atoms with Crippen molar-refractivity contribution < 1.29 is 14.4 Å². The van der Waals surface area contributed by atoms with Gasteiger partial charge in [0.1, 0.15) is 5.75 Å². The van der Waals surface area contributed by atoms with Crippen LogP contribution in [0, 0.1) is 10.1 Å². The molecule has 0 aromatic heterocycles. The number of nitrogens with zero attached hydrogens (tertiary/aromatic N) is 2. The van der Waals surface area contributed by atoms with Gasteiger partial charge in [-0.1, -0.05) is 0 Å². The van der Waals surface area contributed by atoms with Gasteiger partial charge in [0.15, 0.2) is 0 Å². The Bertz CT molecular complexity index is 482. The zero-order valence-corrected chi connectivity index (χ0v) is 10.7. The molecule has 1 aliphatic rings. The van der Waals surface area contributed by atoms with Gasteiger partial charge in [-0.3, -0.25) is 10.1 Å². The second-order valence-corrected chi connectivity index (χ2v) is 4.13. The Morgan fingerprint density at radius 1 is 1.42 bits per heavy atom. The average Bonchev–Trinajstić information content (AvgIpc) is 2.45. The number of ether oxygens (including phenoxy) is 2. The van der Waals surface area contributed by atoms with Crippen LogP contribution in [-0.4, -0.2) is 38.3 Å². The number of nitro groups is 1. The molecule has 102 valence electrons. The lowest BCUT2D eigenvalue weighted by Crippen LogP contribution is -2.36. The van der Waals surface area contributed by atoms with E-state index in [1.807, 2.05) is 18.2 Å². The maximum absolute atomic E-state index is 10.3. The Balaban J connectivity index is 2.22. The van der Waals surface area contributed by atoms with E-state index < -0.39 is 4.92 Å². The van der Waals surface area contributed by atoms with Gasteiger partial charge >= 0.3 is 0 Å². The lowest BCUT2D eigenvalue weighted by Gasteiger charge is -2.29. The molecule has 0 amide bonds. The van der Waals surface area contributed by atoms with Gasteiger partial charge in [-0.15, -0.1) is 0 Å². The van der Waals surface area contributed by atoms with Crippen molar-refractivity contribution in [2.45, 2.75) is 0 Å². The number of morpholine rings is 1. The molecule has 1 fully saturated rings. The summed E-state index contributed by atoms with van der Waals surface area (Å²) in [6.07, 6.45) is 2.34. The number of hydrogen-bond acceptors (Lipinski definition) is 5. The summed E-state index contributed by atoms with van der Waals surface area (Å²) >= 11 is 0. The Morgan fingerprint density at radius 3 is 2.79 bits per heavy atom. The zero-order chi connectivity index (χ0) is 13.7. The van der Waals surface area contributed by atoms with Gasteiger partial charge in [0.2, 0.25) is 6.20 Å². The highest BCUT2D eigenvalue weighted by molar-refractivity contribution is 5.63. The number of anilines is 1. The molecule has 6 heteroatoms. The molecule has 0 unspecified atom stereocenters. The van der Waals surface area contributed by atoms with Crippen LogP contribution in [0.4, 0.5) is 5.69 Å². The van der Waals surface area contributed by atoms with Crippen LogP contribution >= 0.6 is 0 Å². The molecule has 0 atom stereocenters. The van der Waals surface area contributed by atoms with E-state index >= 15 is 0 Å². The summed E-state index contributed by atoms with van der Waals surface area (Å²) in [5.41, 5.74) is 1.73. The van der Waals surface area contributed by atoms with Crippen molar-refractivity contribution in [2.75, 3.05) is 38.3 Å². The maximum atomic E-state index is 10.3.